The van der Waals surface area contributed by atoms with Gasteiger partial charge in [0, 0.05) is 23.3 Å². The topological polar surface area (TPSA) is 72.7 Å². The number of benzene rings is 1. The minimum Gasteiger partial charge on any atom is -0.497 e. The normalized spacial score (nSPS) is 14.2. The number of aromatic nitrogens is 2. The smallest absolute Gasteiger partial charge is 0.271 e. The summed E-state index contributed by atoms with van der Waals surface area (Å²) in [6.45, 7) is 0.340. The molecule has 2 aromatic heterocycles. The highest BCUT2D eigenvalue weighted by molar-refractivity contribution is 7.17. The van der Waals surface area contributed by atoms with Gasteiger partial charge < -0.3 is 10.1 Å². The SMILES string of the molecule is COc1ccc(CNC(=O)c2cnc3sc4c(n3c2=O)CCCCCC4)cc1. The van der Waals surface area contributed by atoms with Crippen molar-refractivity contribution >= 4 is 22.2 Å². The zero-order chi connectivity index (χ0) is 19.5. The molecule has 0 saturated heterocycles. The van der Waals surface area contributed by atoms with Gasteiger partial charge in [0.25, 0.3) is 11.5 Å². The van der Waals surface area contributed by atoms with Crippen LogP contribution in [0.5, 0.6) is 5.75 Å². The molecule has 0 spiro atoms. The predicted molar refractivity (Wildman–Crippen MR) is 109 cm³/mol. The summed E-state index contributed by atoms with van der Waals surface area (Å²) in [5.74, 6) is 0.366. The van der Waals surface area contributed by atoms with Crippen molar-refractivity contribution in [1.82, 2.24) is 14.7 Å². The van der Waals surface area contributed by atoms with Gasteiger partial charge in [-0.3, -0.25) is 14.0 Å². The zero-order valence-electron chi connectivity index (χ0n) is 15.9. The third-order valence-corrected chi connectivity index (χ3v) is 6.32. The highest BCUT2D eigenvalue weighted by atomic mass is 32.1. The summed E-state index contributed by atoms with van der Waals surface area (Å²) in [6.07, 6.45) is 7.89. The van der Waals surface area contributed by atoms with E-state index in [0.717, 1.165) is 42.7 Å². The number of fused-ring (bicyclic) bond motifs is 3. The van der Waals surface area contributed by atoms with Crippen molar-refractivity contribution in [3.05, 3.63) is 62.5 Å². The Morgan fingerprint density at radius 2 is 1.93 bits per heavy atom. The van der Waals surface area contributed by atoms with Crippen LogP contribution < -0.4 is 15.6 Å². The number of thiazole rings is 1. The van der Waals surface area contributed by atoms with Crippen LogP contribution in [-0.2, 0) is 19.4 Å². The molecule has 4 rings (SSSR count). The Kier molecular flexibility index (Phi) is 5.43. The first-order chi connectivity index (χ1) is 13.7. The molecule has 28 heavy (non-hydrogen) atoms. The van der Waals surface area contributed by atoms with Crippen LogP contribution in [0, 0.1) is 0 Å². The molecule has 146 valence electrons. The van der Waals surface area contributed by atoms with Crippen molar-refractivity contribution in [1.29, 1.82) is 0 Å². The van der Waals surface area contributed by atoms with Crippen LogP contribution in [0.15, 0.2) is 35.3 Å². The highest BCUT2D eigenvalue weighted by Crippen LogP contribution is 2.27. The molecule has 2 heterocycles. The summed E-state index contributed by atoms with van der Waals surface area (Å²) in [4.78, 5) is 32.0. The molecule has 1 N–H and O–H groups in total. The Balaban J connectivity index is 1.59. The number of amides is 1. The number of aryl methyl sites for hydroxylation is 2. The first kappa shape index (κ1) is 18.7. The average Bonchev–Trinajstić information content (AvgIpc) is 3.04. The molecule has 0 radical (unpaired) electrons. The summed E-state index contributed by atoms with van der Waals surface area (Å²) in [5, 5.41) is 2.82. The van der Waals surface area contributed by atoms with Gasteiger partial charge in [-0.1, -0.05) is 25.0 Å². The molecule has 3 aromatic rings. The first-order valence-corrected chi connectivity index (χ1v) is 10.4. The van der Waals surface area contributed by atoms with Gasteiger partial charge in [0.05, 0.1) is 7.11 Å². The zero-order valence-corrected chi connectivity index (χ0v) is 16.7. The largest absolute Gasteiger partial charge is 0.497 e. The molecular weight excluding hydrogens is 374 g/mol. The van der Waals surface area contributed by atoms with Crippen molar-refractivity contribution < 1.29 is 9.53 Å². The summed E-state index contributed by atoms with van der Waals surface area (Å²) in [6, 6.07) is 7.45. The number of nitrogens with one attached hydrogen (secondary N) is 1. The number of methoxy groups -OCH3 is 1. The maximum atomic E-state index is 13.0. The molecule has 0 saturated carbocycles. The molecule has 0 unspecified atom stereocenters. The molecule has 7 heteroatoms. The van der Waals surface area contributed by atoms with E-state index in [1.54, 1.807) is 22.8 Å². The van der Waals surface area contributed by atoms with Gasteiger partial charge in [0.2, 0.25) is 0 Å². The van der Waals surface area contributed by atoms with Crippen molar-refractivity contribution in [3.63, 3.8) is 0 Å². The molecule has 0 atom stereocenters. The quantitative estimate of drug-likeness (QED) is 0.733. The van der Waals surface area contributed by atoms with Gasteiger partial charge in [-0.2, -0.15) is 0 Å². The monoisotopic (exact) mass is 397 g/mol. The van der Waals surface area contributed by atoms with E-state index < -0.39 is 5.91 Å². The van der Waals surface area contributed by atoms with Gasteiger partial charge in [0.15, 0.2) is 4.96 Å². The summed E-state index contributed by atoms with van der Waals surface area (Å²) in [5.41, 5.74) is 1.80. The van der Waals surface area contributed by atoms with Crippen molar-refractivity contribution in [2.75, 3.05) is 7.11 Å². The van der Waals surface area contributed by atoms with Gasteiger partial charge in [0.1, 0.15) is 11.3 Å². The maximum absolute atomic E-state index is 13.0. The van der Waals surface area contributed by atoms with Gasteiger partial charge in [-0.15, -0.1) is 11.3 Å². The van der Waals surface area contributed by atoms with Crippen molar-refractivity contribution in [2.24, 2.45) is 0 Å². The van der Waals surface area contributed by atoms with E-state index >= 15 is 0 Å². The maximum Gasteiger partial charge on any atom is 0.271 e. The lowest BCUT2D eigenvalue weighted by Gasteiger charge is -2.10. The lowest BCUT2D eigenvalue weighted by molar-refractivity contribution is 0.0949. The molecule has 0 fully saturated rings. The summed E-state index contributed by atoms with van der Waals surface area (Å²) < 4.78 is 6.80. The Morgan fingerprint density at radius 3 is 2.68 bits per heavy atom. The minimum absolute atomic E-state index is 0.0914. The van der Waals surface area contributed by atoms with Gasteiger partial charge in [-0.05, 0) is 43.4 Å². The standard InChI is InChI=1S/C21H23N3O3S/c1-27-15-10-8-14(9-11-15)12-22-19(25)16-13-23-21-24(20(16)26)17-6-4-2-3-5-7-18(17)28-21/h8-11,13H,2-7,12H2,1H3,(H,22,25). The van der Waals surface area contributed by atoms with E-state index in [1.165, 1.54) is 23.9 Å². The Hall–Kier alpha value is -2.67. The van der Waals surface area contributed by atoms with Crippen LogP contribution in [0.2, 0.25) is 0 Å². The number of carbonyl (C=O) groups excluding carboxylic acids is 1. The second kappa shape index (κ2) is 8.14. The molecule has 0 aliphatic heterocycles. The number of ether oxygens (including phenoxy) is 1. The lowest BCUT2D eigenvalue weighted by Crippen LogP contribution is -2.31. The molecule has 1 aliphatic rings. The fourth-order valence-electron chi connectivity index (χ4n) is 3.60. The molecule has 1 amide bonds. The number of hydrogen-bond donors (Lipinski definition) is 1. The minimum atomic E-state index is -0.395. The number of carbonyl (C=O) groups is 1. The van der Waals surface area contributed by atoms with Crippen LogP contribution in [0.3, 0.4) is 0 Å². The van der Waals surface area contributed by atoms with E-state index in [0.29, 0.717) is 11.5 Å². The van der Waals surface area contributed by atoms with Crippen LogP contribution in [0.25, 0.3) is 4.96 Å². The van der Waals surface area contributed by atoms with E-state index in [-0.39, 0.29) is 11.1 Å². The fourth-order valence-corrected chi connectivity index (χ4v) is 4.77. The number of hydrogen-bond acceptors (Lipinski definition) is 5. The molecule has 1 aromatic carbocycles. The number of nitrogens with zero attached hydrogens (tertiary/aromatic N) is 2. The van der Waals surface area contributed by atoms with E-state index in [2.05, 4.69) is 10.3 Å². The fraction of sp³-hybridized carbons (Fsp3) is 0.381. The molecular formula is C21H23N3O3S. The lowest BCUT2D eigenvalue weighted by atomic mass is 10.0. The molecule has 6 nitrogen and oxygen atoms in total. The van der Waals surface area contributed by atoms with Crippen molar-refractivity contribution in [2.45, 2.75) is 45.1 Å². The van der Waals surface area contributed by atoms with Crippen LogP contribution in [-0.4, -0.2) is 22.4 Å². The third-order valence-electron chi connectivity index (χ3n) is 5.16. The highest BCUT2D eigenvalue weighted by Gasteiger charge is 2.20. The van der Waals surface area contributed by atoms with Crippen molar-refractivity contribution in [3.8, 4) is 5.75 Å². The third kappa shape index (κ3) is 3.67. The first-order valence-electron chi connectivity index (χ1n) is 9.61. The van der Waals surface area contributed by atoms with Gasteiger partial charge in [-0.25, -0.2) is 4.98 Å². The van der Waals surface area contributed by atoms with Gasteiger partial charge >= 0.3 is 0 Å². The molecule has 0 bridgehead atoms. The van der Waals surface area contributed by atoms with Crippen LogP contribution in [0.4, 0.5) is 0 Å². The van der Waals surface area contributed by atoms with Crippen LogP contribution in [0.1, 0.15) is 52.2 Å². The Labute approximate surface area is 167 Å². The van der Waals surface area contributed by atoms with E-state index in [9.17, 15) is 9.59 Å². The predicted octanol–water partition coefficient (Wildman–Crippen LogP) is 3.35. The second-order valence-corrected chi connectivity index (χ2v) is 8.07. The van der Waals surface area contributed by atoms with Crippen LogP contribution >= 0.6 is 11.3 Å². The second-order valence-electron chi connectivity index (χ2n) is 7.01. The van der Waals surface area contributed by atoms with E-state index in [1.807, 2.05) is 24.3 Å². The Bertz CT molecular complexity index is 1050. The number of rotatable bonds is 4. The van der Waals surface area contributed by atoms with E-state index in [4.69, 9.17) is 4.74 Å². The Morgan fingerprint density at radius 1 is 1.18 bits per heavy atom. The summed E-state index contributed by atoms with van der Waals surface area (Å²) in [7, 11) is 1.61. The molecule has 1 aliphatic carbocycles. The summed E-state index contributed by atoms with van der Waals surface area (Å²) >= 11 is 1.58. The average molecular weight is 398 g/mol.